The Bertz CT molecular complexity index is 481. The summed E-state index contributed by atoms with van der Waals surface area (Å²) in [6.45, 7) is 3.31. The molecule has 2 aliphatic rings. The summed E-state index contributed by atoms with van der Waals surface area (Å²) in [5.41, 5.74) is 0.858. The first-order valence-corrected chi connectivity index (χ1v) is 6.92. The van der Waals surface area contributed by atoms with Gasteiger partial charge in [0.15, 0.2) is 6.29 Å². The van der Waals surface area contributed by atoms with Crippen molar-refractivity contribution in [2.24, 2.45) is 5.92 Å². The predicted molar refractivity (Wildman–Crippen MR) is 73.7 cm³/mol. The third kappa shape index (κ3) is 2.17. The molecule has 2 saturated heterocycles. The molecule has 0 aromatic heterocycles. The smallest absolute Gasteiger partial charge is 0.232 e. The lowest BCUT2D eigenvalue weighted by Gasteiger charge is -2.49. The molecule has 2 heterocycles. The van der Waals surface area contributed by atoms with E-state index in [9.17, 15) is 4.79 Å². The van der Waals surface area contributed by atoms with Crippen molar-refractivity contribution in [3.05, 3.63) is 24.3 Å². The van der Waals surface area contributed by atoms with Crippen molar-refractivity contribution in [1.82, 2.24) is 0 Å². The van der Waals surface area contributed by atoms with Crippen LogP contribution in [0.25, 0.3) is 0 Å². The highest BCUT2D eigenvalue weighted by Gasteiger charge is 2.50. The van der Waals surface area contributed by atoms with Gasteiger partial charge in [-0.3, -0.25) is 4.79 Å². The molecule has 0 N–H and O–H groups in total. The fourth-order valence-electron chi connectivity index (χ4n) is 2.76. The maximum atomic E-state index is 12.2. The zero-order chi connectivity index (χ0) is 14.1. The minimum absolute atomic E-state index is 0.0452. The Balaban J connectivity index is 1.80. The molecule has 2 atom stereocenters. The molecule has 0 bridgehead atoms. The summed E-state index contributed by atoms with van der Waals surface area (Å²) in [4.78, 5) is 13.9. The molecule has 108 valence electrons. The standard InChI is InChI=1S/C15H19NO4/c1-10-13(15-19-8-3-9-20-15)16(14(10)17)11-4-6-12(18-2)7-5-11/h4-7,10,13,15H,3,8-9H2,1-2H3/t10-,13-/m0/s1. The van der Waals surface area contributed by atoms with E-state index in [0.29, 0.717) is 13.2 Å². The summed E-state index contributed by atoms with van der Waals surface area (Å²) in [6.07, 6.45) is 0.590. The van der Waals surface area contributed by atoms with Crippen LogP contribution in [-0.2, 0) is 14.3 Å². The Morgan fingerprint density at radius 3 is 2.45 bits per heavy atom. The summed E-state index contributed by atoms with van der Waals surface area (Å²) in [5, 5.41) is 0. The summed E-state index contributed by atoms with van der Waals surface area (Å²) >= 11 is 0. The van der Waals surface area contributed by atoms with E-state index in [-0.39, 0.29) is 24.2 Å². The van der Waals surface area contributed by atoms with Crippen LogP contribution in [0, 0.1) is 5.92 Å². The van der Waals surface area contributed by atoms with E-state index in [4.69, 9.17) is 14.2 Å². The van der Waals surface area contributed by atoms with E-state index in [1.807, 2.05) is 31.2 Å². The number of carbonyl (C=O) groups is 1. The zero-order valence-electron chi connectivity index (χ0n) is 11.7. The molecule has 1 aromatic carbocycles. The van der Waals surface area contributed by atoms with Crippen LogP contribution in [0.1, 0.15) is 13.3 Å². The number of anilines is 1. The Labute approximate surface area is 118 Å². The van der Waals surface area contributed by atoms with Gasteiger partial charge in [0.05, 0.1) is 32.3 Å². The summed E-state index contributed by atoms with van der Waals surface area (Å²) in [5.74, 6) is 0.814. The van der Waals surface area contributed by atoms with Gasteiger partial charge in [-0.2, -0.15) is 0 Å². The lowest BCUT2D eigenvalue weighted by atomic mass is 9.87. The number of hydrogen-bond donors (Lipinski definition) is 0. The predicted octanol–water partition coefficient (Wildman–Crippen LogP) is 1.81. The third-order valence-electron chi connectivity index (χ3n) is 3.92. The lowest BCUT2D eigenvalue weighted by Crippen LogP contribution is -2.66. The van der Waals surface area contributed by atoms with Crippen LogP contribution < -0.4 is 9.64 Å². The number of carbonyl (C=O) groups excluding carboxylic acids is 1. The molecule has 3 rings (SSSR count). The average Bonchev–Trinajstić information content (AvgIpc) is 2.52. The molecule has 5 heteroatoms. The summed E-state index contributed by atoms with van der Waals surface area (Å²) in [6, 6.07) is 7.43. The van der Waals surface area contributed by atoms with E-state index < -0.39 is 0 Å². The number of nitrogens with zero attached hydrogens (tertiary/aromatic N) is 1. The number of hydrogen-bond acceptors (Lipinski definition) is 4. The van der Waals surface area contributed by atoms with Crippen molar-refractivity contribution in [3.8, 4) is 5.75 Å². The highest BCUT2D eigenvalue weighted by atomic mass is 16.7. The van der Waals surface area contributed by atoms with Crippen LogP contribution in [0.4, 0.5) is 5.69 Å². The molecule has 0 radical (unpaired) electrons. The molecule has 0 aliphatic carbocycles. The first-order chi connectivity index (χ1) is 9.72. The van der Waals surface area contributed by atoms with Crippen molar-refractivity contribution >= 4 is 11.6 Å². The van der Waals surface area contributed by atoms with Gasteiger partial charge in [0.2, 0.25) is 5.91 Å². The van der Waals surface area contributed by atoms with Crippen LogP contribution in [0.15, 0.2) is 24.3 Å². The number of benzene rings is 1. The molecule has 1 aromatic rings. The monoisotopic (exact) mass is 277 g/mol. The molecule has 1 amide bonds. The van der Waals surface area contributed by atoms with Crippen molar-refractivity contribution in [1.29, 1.82) is 0 Å². The molecule has 20 heavy (non-hydrogen) atoms. The molecule has 0 unspecified atom stereocenters. The Morgan fingerprint density at radius 2 is 1.85 bits per heavy atom. The average molecular weight is 277 g/mol. The minimum Gasteiger partial charge on any atom is -0.497 e. The number of methoxy groups -OCH3 is 1. The van der Waals surface area contributed by atoms with E-state index >= 15 is 0 Å². The van der Waals surface area contributed by atoms with Gasteiger partial charge in [-0.1, -0.05) is 6.92 Å². The van der Waals surface area contributed by atoms with E-state index in [0.717, 1.165) is 17.9 Å². The fraction of sp³-hybridized carbons (Fsp3) is 0.533. The molecular weight excluding hydrogens is 258 g/mol. The van der Waals surface area contributed by atoms with Gasteiger partial charge in [-0.25, -0.2) is 0 Å². The van der Waals surface area contributed by atoms with Gasteiger partial charge >= 0.3 is 0 Å². The van der Waals surface area contributed by atoms with Crippen molar-refractivity contribution in [3.63, 3.8) is 0 Å². The van der Waals surface area contributed by atoms with Crippen molar-refractivity contribution in [2.75, 3.05) is 25.2 Å². The Hall–Kier alpha value is -1.59. The second-order valence-corrected chi connectivity index (χ2v) is 5.15. The zero-order valence-corrected chi connectivity index (χ0v) is 11.7. The number of ether oxygens (including phenoxy) is 3. The minimum atomic E-state index is -0.321. The van der Waals surface area contributed by atoms with E-state index in [1.165, 1.54) is 0 Å². The van der Waals surface area contributed by atoms with E-state index in [2.05, 4.69) is 0 Å². The van der Waals surface area contributed by atoms with Crippen LogP contribution >= 0.6 is 0 Å². The lowest BCUT2D eigenvalue weighted by molar-refractivity contribution is -0.204. The molecular formula is C15H19NO4. The van der Waals surface area contributed by atoms with Gasteiger partial charge in [0.25, 0.3) is 0 Å². The first-order valence-electron chi connectivity index (χ1n) is 6.92. The van der Waals surface area contributed by atoms with Crippen molar-refractivity contribution in [2.45, 2.75) is 25.7 Å². The van der Waals surface area contributed by atoms with Gasteiger partial charge < -0.3 is 19.1 Å². The van der Waals surface area contributed by atoms with Gasteiger partial charge in [-0.15, -0.1) is 0 Å². The quantitative estimate of drug-likeness (QED) is 0.791. The maximum absolute atomic E-state index is 12.2. The van der Waals surface area contributed by atoms with Crippen LogP contribution in [0.3, 0.4) is 0 Å². The first kappa shape index (κ1) is 13.4. The molecule has 0 saturated carbocycles. The van der Waals surface area contributed by atoms with Crippen LogP contribution in [0.5, 0.6) is 5.75 Å². The SMILES string of the molecule is COc1ccc(N2C(=O)[C@@H](C)[C@H]2C2OCCCO2)cc1. The summed E-state index contributed by atoms with van der Waals surface area (Å²) < 4.78 is 16.5. The van der Waals surface area contributed by atoms with Crippen LogP contribution in [-0.4, -0.2) is 38.6 Å². The maximum Gasteiger partial charge on any atom is 0.232 e. The second kappa shape index (κ2) is 5.42. The second-order valence-electron chi connectivity index (χ2n) is 5.15. The molecule has 2 fully saturated rings. The number of β-lactam (4-membered cyclic amide) rings is 1. The topological polar surface area (TPSA) is 48.0 Å². The number of rotatable bonds is 3. The summed E-state index contributed by atoms with van der Waals surface area (Å²) in [7, 11) is 1.62. The normalized spacial score (nSPS) is 27.3. The van der Waals surface area contributed by atoms with Crippen LogP contribution in [0.2, 0.25) is 0 Å². The highest BCUT2D eigenvalue weighted by molar-refractivity contribution is 6.02. The van der Waals surface area contributed by atoms with Crippen molar-refractivity contribution < 1.29 is 19.0 Å². The Morgan fingerprint density at radius 1 is 1.20 bits per heavy atom. The molecule has 0 spiro atoms. The van der Waals surface area contributed by atoms with Gasteiger partial charge in [0, 0.05) is 5.69 Å². The third-order valence-corrected chi connectivity index (χ3v) is 3.92. The molecule has 5 nitrogen and oxygen atoms in total. The largest absolute Gasteiger partial charge is 0.497 e. The molecule has 2 aliphatic heterocycles. The van der Waals surface area contributed by atoms with E-state index in [1.54, 1.807) is 12.0 Å². The fourth-order valence-corrected chi connectivity index (χ4v) is 2.76. The van der Waals surface area contributed by atoms with Gasteiger partial charge in [-0.05, 0) is 30.7 Å². The number of amides is 1. The van der Waals surface area contributed by atoms with Gasteiger partial charge in [0.1, 0.15) is 5.75 Å². The highest BCUT2D eigenvalue weighted by Crippen LogP contribution is 2.36. The Kier molecular flexibility index (Phi) is 3.63.